The van der Waals surface area contributed by atoms with E-state index in [9.17, 15) is 8.78 Å². The summed E-state index contributed by atoms with van der Waals surface area (Å²) < 4.78 is 30.2. The fourth-order valence-corrected chi connectivity index (χ4v) is 1.29. The largest absolute Gasteiger partial charge is 0.378 e. The molecule has 3 nitrogen and oxygen atoms in total. The average Bonchev–Trinajstić information content (AvgIpc) is 2.34. The first-order chi connectivity index (χ1) is 5.65. The lowest BCUT2D eigenvalue weighted by Crippen LogP contribution is -1.99. The number of hydrogen-bond donors (Lipinski definition) is 0. The van der Waals surface area contributed by atoms with Crippen molar-refractivity contribution in [2.75, 3.05) is 7.11 Å². The van der Waals surface area contributed by atoms with Crippen LogP contribution < -0.4 is 0 Å². The third-order valence-electron chi connectivity index (χ3n) is 1.24. The van der Waals surface area contributed by atoms with Crippen LogP contribution in [0.15, 0.2) is 6.20 Å². The molecule has 12 heavy (non-hydrogen) atoms. The Morgan fingerprint density at radius 2 is 2.42 bits per heavy atom. The van der Waals surface area contributed by atoms with E-state index in [0.29, 0.717) is 13.9 Å². The minimum atomic E-state index is -2.58. The van der Waals surface area contributed by atoms with Gasteiger partial charge in [-0.05, 0) is 22.6 Å². The summed E-state index contributed by atoms with van der Waals surface area (Å²) in [4.78, 5) is 0. The highest BCUT2D eigenvalue weighted by Crippen LogP contribution is 2.15. The molecule has 0 aliphatic rings. The van der Waals surface area contributed by atoms with Gasteiger partial charge in [0.2, 0.25) is 0 Å². The van der Waals surface area contributed by atoms with Gasteiger partial charge in [-0.3, -0.25) is 0 Å². The zero-order valence-corrected chi connectivity index (χ0v) is 8.46. The second-order valence-electron chi connectivity index (χ2n) is 2.11. The molecular formula is C6H7F2IN2O. The Balaban J connectivity index is 2.85. The van der Waals surface area contributed by atoms with Gasteiger partial charge in [-0.2, -0.15) is 13.9 Å². The molecule has 0 aromatic carbocycles. The van der Waals surface area contributed by atoms with Crippen LogP contribution in [-0.2, 0) is 11.3 Å². The zero-order chi connectivity index (χ0) is 9.14. The smallest absolute Gasteiger partial charge is 0.333 e. The predicted octanol–water partition coefficient (Wildman–Crippen LogP) is 2.03. The van der Waals surface area contributed by atoms with Crippen LogP contribution in [0.4, 0.5) is 8.78 Å². The lowest BCUT2D eigenvalue weighted by Gasteiger charge is -1.96. The van der Waals surface area contributed by atoms with E-state index in [4.69, 9.17) is 4.74 Å². The molecule has 0 N–H and O–H groups in total. The van der Waals surface area contributed by atoms with E-state index >= 15 is 0 Å². The van der Waals surface area contributed by atoms with Crippen molar-refractivity contribution < 1.29 is 13.5 Å². The molecule has 1 heterocycles. The molecule has 0 amide bonds. The normalized spacial score (nSPS) is 11.1. The number of ether oxygens (including phenoxy) is 1. The minimum Gasteiger partial charge on any atom is -0.378 e. The molecule has 1 aromatic rings. The first kappa shape index (κ1) is 9.85. The topological polar surface area (TPSA) is 27.1 Å². The number of alkyl halides is 2. The summed E-state index contributed by atoms with van der Waals surface area (Å²) in [5.74, 6) is 0. The minimum absolute atomic E-state index is 0.262. The molecule has 1 rings (SSSR count). The number of nitrogens with zero attached hydrogens (tertiary/aromatic N) is 2. The van der Waals surface area contributed by atoms with Crippen molar-refractivity contribution in [1.82, 2.24) is 9.78 Å². The lowest BCUT2D eigenvalue weighted by atomic mass is 10.5. The number of halogens is 3. The highest BCUT2D eigenvalue weighted by Gasteiger charge is 2.11. The van der Waals surface area contributed by atoms with Gasteiger partial charge < -0.3 is 4.74 Å². The highest BCUT2D eigenvalue weighted by atomic mass is 127. The number of aromatic nitrogens is 2. The van der Waals surface area contributed by atoms with Crippen LogP contribution in [0.2, 0.25) is 0 Å². The van der Waals surface area contributed by atoms with Gasteiger partial charge in [0.1, 0.15) is 5.69 Å². The Hall–Kier alpha value is -0.240. The molecule has 0 unspecified atom stereocenters. The number of rotatable bonds is 3. The van der Waals surface area contributed by atoms with E-state index in [1.807, 2.05) is 22.6 Å². The lowest BCUT2D eigenvalue weighted by molar-refractivity contribution is 0.0551. The van der Waals surface area contributed by atoms with Crippen molar-refractivity contribution in [1.29, 1.82) is 0 Å². The molecule has 1 aromatic heterocycles. The number of methoxy groups -OCH3 is 1. The SMILES string of the molecule is COCc1nn(C(F)F)cc1I. The second-order valence-corrected chi connectivity index (χ2v) is 3.28. The first-order valence-corrected chi connectivity index (χ1v) is 4.23. The molecule has 0 fully saturated rings. The van der Waals surface area contributed by atoms with E-state index in [1.54, 1.807) is 0 Å². The molecule has 0 aliphatic heterocycles. The first-order valence-electron chi connectivity index (χ1n) is 3.15. The standard InChI is InChI=1S/C6H7F2IN2O/c1-12-3-5-4(9)2-11(10-5)6(7)8/h2,6H,3H2,1H3. The van der Waals surface area contributed by atoms with Crippen molar-refractivity contribution >= 4 is 22.6 Å². The zero-order valence-electron chi connectivity index (χ0n) is 6.30. The molecule has 6 heteroatoms. The Labute approximate surface area is 81.8 Å². The van der Waals surface area contributed by atoms with E-state index < -0.39 is 6.55 Å². The summed E-state index contributed by atoms with van der Waals surface area (Å²) in [6.45, 7) is -2.32. The van der Waals surface area contributed by atoms with Crippen molar-refractivity contribution in [2.24, 2.45) is 0 Å². The predicted molar refractivity (Wildman–Crippen MR) is 46.9 cm³/mol. The van der Waals surface area contributed by atoms with Crippen molar-refractivity contribution in [3.63, 3.8) is 0 Å². The Morgan fingerprint density at radius 3 is 2.83 bits per heavy atom. The maximum atomic E-state index is 12.1. The van der Waals surface area contributed by atoms with E-state index in [0.717, 1.165) is 0 Å². The second kappa shape index (κ2) is 4.13. The third-order valence-corrected chi connectivity index (χ3v) is 2.14. The Morgan fingerprint density at radius 1 is 1.75 bits per heavy atom. The van der Waals surface area contributed by atoms with Gasteiger partial charge in [-0.25, -0.2) is 4.68 Å². The molecule has 0 radical (unpaired) electrons. The van der Waals surface area contributed by atoms with E-state index in [1.165, 1.54) is 13.3 Å². The molecule has 68 valence electrons. The number of hydrogen-bond acceptors (Lipinski definition) is 2. The maximum absolute atomic E-state index is 12.1. The van der Waals surface area contributed by atoms with Gasteiger partial charge in [-0.1, -0.05) is 0 Å². The van der Waals surface area contributed by atoms with Crippen molar-refractivity contribution in [3.05, 3.63) is 15.5 Å². The highest BCUT2D eigenvalue weighted by molar-refractivity contribution is 14.1. The van der Waals surface area contributed by atoms with E-state index in [2.05, 4.69) is 5.10 Å². The van der Waals surface area contributed by atoms with Crippen LogP contribution >= 0.6 is 22.6 Å². The molecule has 0 bridgehead atoms. The summed E-state index contributed by atoms with van der Waals surface area (Å²) in [7, 11) is 1.50. The summed E-state index contributed by atoms with van der Waals surface area (Å²) in [5, 5.41) is 3.63. The maximum Gasteiger partial charge on any atom is 0.333 e. The fourth-order valence-electron chi connectivity index (χ4n) is 0.741. The van der Waals surface area contributed by atoms with Crippen molar-refractivity contribution in [2.45, 2.75) is 13.2 Å². The van der Waals surface area contributed by atoms with Gasteiger partial charge in [-0.15, -0.1) is 0 Å². The summed E-state index contributed by atoms with van der Waals surface area (Å²) in [6, 6.07) is 0. The van der Waals surface area contributed by atoms with Crippen LogP contribution in [0, 0.1) is 3.57 Å². The van der Waals surface area contributed by atoms with E-state index in [-0.39, 0.29) is 6.61 Å². The molecule has 0 saturated heterocycles. The fraction of sp³-hybridized carbons (Fsp3) is 0.500. The summed E-state index contributed by atoms with van der Waals surface area (Å²) in [6.07, 6.45) is 1.29. The average molecular weight is 288 g/mol. The third kappa shape index (κ3) is 2.13. The van der Waals surface area contributed by atoms with Crippen LogP contribution in [0.1, 0.15) is 12.2 Å². The molecule has 0 atom stereocenters. The van der Waals surface area contributed by atoms with Gasteiger partial charge >= 0.3 is 6.55 Å². The molecule has 0 saturated carbocycles. The Bertz CT molecular complexity index is 264. The van der Waals surface area contributed by atoms with Crippen LogP contribution in [0.3, 0.4) is 0 Å². The van der Waals surface area contributed by atoms with Gasteiger partial charge in [0.15, 0.2) is 0 Å². The Kier molecular flexibility index (Phi) is 3.39. The summed E-state index contributed by atoms with van der Waals surface area (Å²) >= 11 is 1.94. The van der Waals surface area contributed by atoms with Crippen LogP contribution in [0.25, 0.3) is 0 Å². The van der Waals surface area contributed by atoms with Crippen LogP contribution in [0.5, 0.6) is 0 Å². The van der Waals surface area contributed by atoms with Crippen LogP contribution in [-0.4, -0.2) is 16.9 Å². The quantitative estimate of drug-likeness (QED) is 0.796. The summed E-state index contributed by atoms with van der Waals surface area (Å²) in [5.41, 5.74) is 0.540. The molecule has 0 spiro atoms. The van der Waals surface area contributed by atoms with Gasteiger partial charge in [0, 0.05) is 13.3 Å². The van der Waals surface area contributed by atoms with Gasteiger partial charge in [0.25, 0.3) is 0 Å². The monoisotopic (exact) mass is 288 g/mol. The molecule has 0 aliphatic carbocycles. The van der Waals surface area contributed by atoms with Crippen molar-refractivity contribution in [3.8, 4) is 0 Å². The van der Waals surface area contributed by atoms with Gasteiger partial charge in [0.05, 0.1) is 10.2 Å². The molecular weight excluding hydrogens is 281 g/mol.